The quantitative estimate of drug-likeness (QED) is 0.338. The van der Waals surface area contributed by atoms with Gasteiger partial charge < -0.3 is 9.42 Å². The van der Waals surface area contributed by atoms with E-state index in [1.54, 1.807) is 23.7 Å². The van der Waals surface area contributed by atoms with Crippen molar-refractivity contribution in [1.29, 1.82) is 5.41 Å². The first kappa shape index (κ1) is 20.7. The lowest BCUT2D eigenvalue weighted by molar-refractivity contribution is 0.0975. The first-order valence-electron chi connectivity index (χ1n) is 9.74. The van der Waals surface area contributed by atoms with E-state index in [0.29, 0.717) is 22.8 Å². The average Bonchev–Trinajstić information content (AvgIpc) is 3.23. The predicted molar refractivity (Wildman–Crippen MR) is 127 cm³/mol. The molecule has 2 N–H and O–H groups in total. The Morgan fingerprint density at radius 2 is 1.77 bits per heavy atom. The normalized spacial score (nSPS) is 10.8. The number of fused-ring (bicyclic) bond motifs is 1. The zero-order valence-electron chi connectivity index (χ0n) is 17.3. The van der Waals surface area contributed by atoms with Crippen molar-refractivity contribution in [2.75, 3.05) is 18.2 Å². The van der Waals surface area contributed by atoms with E-state index in [1.807, 2.05) is 79.1 Å². The summed E-state index contributed by atoms with van der Waals surface area (Å²) in [6.07, 6.45) is 1.93. The number of aromatic nitrogens is 1. The monoisotopic (exact) mass is 430 g/mol. The lowest BCUT2D eigenvalue weighted by Crippen LogP contribution is -2.41. The third-order valence-corrected chi connectivity index (χ3v) is 5.55. The van der Waals surface area contributed by atoms with Crippen molar-refractivity contribution in [1.82, 2.24) is 10.5 Å². The number of rotatable bonds is 5. The lowest BCUT2D eigenvalue weighted by atomic mass is 10.1. The highest BCUT2D eigenvalue weighted by Gasteiger charge is 2.25. The summed E-state index contributed by atoms with van der Waals surface area (Å²) < 4.78 is 5.47. The third-order valence-electron chi connectivity index (χ3n) is 5.00. The maximum atomic E-state index is 13.2. The van der Waals surface area contributed by atoms with Crippen LogP contribution < -0.4 is 10.2 Å². The Bertz CT molecular complexity index is 1240. The van der Waals surface area contributed by atoms with Gasteiger partial charge in [0.1, 0.15) is 11.3 Å². The Hall–Kier alpha value is -3.58. The minimum atomic E-state index is -0.415. The molecule has 0 aliphatic heterocycles. The number of carbonyl (C=O) groups excluding carboxylic acids is 1. The second-order valence-corrected chi connectivity index (χ2v) is 7.89. The van der Waals surface area contributed by atoms with Crippen molar-refractivity contribution < 1.29 is 9.32 Å². The van der Waals surface area contributed by atoms with Crippen LogP contribution in [-0.2, 0) is 5.75 Å². The van der Waals surface area contributed by atoms with Gasteiger partial charge >= 0.3 is 0 Å². The molecule has 1 heterocycles. The molecule has 0 unspecified atom stereocenters. The molecule has 0 fully saturated rings. The van der Waals surface area contributed by atoms with Gasteiger partial charge in [0.05, 0.1) is 5.75 Å². The van der Waals surface area contributed by atoms with E-state index in [0.717, 1.165) is 22.0 Å². The van der Waals surface area contributed by atoms with Crippen LogP contribution in [0, 0.1) is 5.41 Å². The Morgan fingerprint density at radius 3 is 2.52 bits per heavy atom. The first-order valence-corrected chi connectivity index (χ1v) is 11.1. The van der Waals surface area contributed by atoms with Crippen molar-refractivity contribution in [2.24, 2.45) is 0 Å². The Balaban J connectivity index is 1.59. The number of guanidine groups is 1. The minimum absolute atomic E-state index is 0.0319. The summed E-state index contributed by atoms with van der Waals surface area (Å²) in [5, 5.41) is 17.5. The van der Waals surface area contributed by atoms with Crippen LogP contribution in [0.15, 0.2) is 77.3 Å². The fourth-order valence-corrected chi connectivity index (χ4v) is 3.81. The molecule has 1 aromatic heterocycles. The molecule has 0 spiro atoms. The summed E-state index contributed by atoms with van der Waals surface area (Å²) in [5.41, 5.74) is 2.43. The van der Waals surface area contributed by atoms with E-state index in [9.17, 15) is 4.79 Å². The van der Waals surface area contributed by atoms with E-state index in [4.69, 9.17) is 9.93 Å². The molecule has 0 radical (unpaired) electrons. The molecule has 1 amide bonds. The molecular weight excluding hydrogens is 408 g/mol. The van der Waals surface area contributed by atoms with Crippen molar-refractivity contribution in [2.45, 2.75) is 5.75 Å². The summed E-state index contributed by atoms with van der Waals surface area (Å²) in [4.78, 5) is 14.8. The van der Waals surface area contributed by atoms with Gasteiger partial charge in [-0.05, 0) is 29.2 Å². The Morgan fingerprint density at radius 1 is 1.06 bits per heavy atom. The summed E-state index contributed by atoms with van der Waals surface area (Å²) in [6, 6.07) is 23.4. The molecule has 0 aliphatic carbocycles. The van der Waals surface area contributed by atoms with Crippen molar-refractivity contribution in [3.63, 3.8) is 0 Å². The number of nitrogens with zero attached hydrogens (tertiary/aromatic N) is 2. The smallest absolute Gasteiger partial charge is 0.263 e. The number of hydrogen-bond acceptors (Lipinski definition) is 5. The molecule has 3 aromatic carbocycles. The first-order chi connectivity index (χ1) is 15.1. The molecule has 7 heteroatoms. The largest absolute Gasteiger partial charge is 0.359 e. The van der Waals surface area contributed by atoms with Gasteiger partial charge in [0.2, 0.25) is 5.96 Å². The Kier molecular flexibility index (Phi) is 6.04. The highest BCUT2D eigenvalue weighted by atomic mass is 32.2. The van der Waals surface area contributed by atoms with Gasteiger partial charge in [-0.1, -0.05) is 65.8 Å². The van der Waals surface area contributed by atoms with E-state index >= 15 is 0 Å². The van der Waals surface area contributed by atoms with Gasteiger partial charge in [-0.3, -0.25) is 15.5 Å². The summed E-state index contributed by atoms with van der Waals surface area (Å²) in [7, 11) is 1.75. The molecule has 0 aliphatic rings. The molecule has 0 saturated heterocycles. The van der Waals surface area contributed by atoms with Crippen molar-refractivity contribution >= 4 is 40.1 Å². The molecule has 6 nitrogen and oxygen atoms in total. The molecule has 156 valence electrons. The van der Waals surface area contributed by atoms with E-state index in [2.05, 4.69) is 10.5 Å². The van der Waals surface area contributed by atoms with Gasteiger partial charge in [-0.25, -0.2) is 0 Å². The molecular formula is C24H22N4O2S. The van der Waals surface area contributed by atoms with Gasteiger partial charge in [-0.2, -0.15) is 11.8 Å². The van der Waals surface area contributed by atoms with E-state index in [-0.39, 0.29) is 5.96 Å². The van der Waals surface area contributed by atoms with E-state index in [1.165, 1.54) is 0 Å². The fourth-order valence-electron chi connectivity index (χ4n) is 3.35. The SMILES string of the molecule is CSCc1onc(-c2ccccc2)c1C(=O)NC(=N)N(C)c1ccc2ccccc2c1. The van der Waals surface area contributed by atoms with Crippen LogP contribution in [0.3, 0.4) is 0 Å². The van der Waals surface area contributed by atoms with Crippen LogP contribution in [0.25, 0.3) is 22.0 Å². The maximum absolute atomic E-state index is 13.2. The fraction of sp³-hybridized carbons (Fsp3) is 0.125. The zero-order chi connectivity index (χ0) is 21.8. The van der Waals surface area contributed by atoms with Crippen LogP contribution in [0.5, 0.6) is 0 Å². The van der Waals surface area contributed by atoms with Gasteiger partial charge in [-0.15, -0.1) is 0 Å². The number of hydrogen-bond donors (Lipinski definition) is 2. The molecule has 0 saturated carbocycles. The number of thioether (sulfide) groups is 1. The molecule has 31 heavy (non-hydrogen) atoms. The Labute approximate surface area is 184 Å². The van der Waals surface area contributed by atoms with Gasteiger partial charge in [0, 0.05) is 18.3 Å². The van der Waals surface area contributed by atoms with Crippen LogP contribution in [-0.4, -0.2) is 30.3 Å². The molecule has 0 bridgehead atoms. The van der Waals surface area contributed by atoms with Crippen molar-refractivity contribution in [3.8, 4) is 11.3 Å². The summed E-state index contributed by atoms with van der Waals surface area (Å²) in [6.45, 7) is 0. The van der Waals surface area contributed by atoms with Crippen LogP contribution in [0.4, 0.5) is 5.69 Å². The minimum Gasteiger partial charge on any atom is -0.359 e. The van der Waals surface area contributed by atoms with Crippen molar-refractivity contribution in [3.05, 3.63) is 84.1 Å². The predicted octanol–water partition coefficient (Wildman–Crippen LogP) is 5.16. The molecule has 4 rings (SSSR count). The summed E-state index contributed by atoms with van der Waals surface area (Å²) >= 11 is 1.54. The number of amides is 1. The third kappa shape index (κ3) is 4.32. The topological polar surface area (TPSA) is 82.2 Å². The highest BCUT2D eigenvalue weighted by Crippen LogP contribution is 2.28. The molecule has 0 atom stereocenters. The zero-order valence-corrected chi connectivity index (χ0v) is 18.1. The summed E-state index contributed by atoms with van der Waals surface area (Å²) in [5.74, 6) is 0.554. The molecule has 4 aromatic rings. The number of nitrogens with one attached hydrogen (secondary N) is 2. The second-order valence-electron chi connectivity index (χ2n) is 7.02. The van der Waals surface area contributed by atoms with Crippen LogP contribution >= 0.6 is 11.8 Å². The van der Waals surface area contributed by atoms with Gasteiger partial charge in [0.25, 0.3) is 5.91 Å². The second kappa shape index (κ2) is 9.06. The van der Waals surface area contributed by atoms with E-state index < -0.39 is 5.91 Å². The average molecular weight is 431 g/mol. The lowest BCUT2D eigenvalue weighted by Gasteiger charge is -2.21. The number of benzene rings is 3. The number of carbonyl (C=O) groups is 1. The number of anilines is 1. The van der Waals surface area contributed by atoms with Crippen LogP contribution in [0.2, 0.25) is 0 Å². The van der Waals surface area contributed by atoms with Gasteiger partial charge in [0.15, 0.2) is 5.76 Å². The maximum Gasteiger partial charge on any atom is 0.263 e. The van der Waals surface area contributed by atoms with Crippen LogP contribution in [0.1, 0.15) is 16.1 Å². The standard InChI is InChI=1S/C24H22N4O2S/c1-28(19-13-12-16-8-6-7-11-18(16)14-19)24(25)26-23(29)21-20(15-31-2)30-27-22(21)17-9-4-3-5-10-17/h3-14H,15H2,1-2H3,(H2,25,26,29). The highest BCUT2D eigenvalue weighted by molar-refractivity contribution is 7.97.